The highest BCUT2D eigenvalue weighted by molar-refractivity contribution is 9.10. The van der Waals surface area contributed by atoms with E-state index in [0.29, 0.717) is 18.0 Å². The van der Waals surface area contributed by atoms with Crippen molar-refractivity contribution >= 4 is 26.0 Å². The third-order valence-electron chi connectivity index (χ3n) is 3.35. The SMILES string of the molecule is Cc1cc(S(=O)(=O)N(C)CC(C)(C)CN)c(C)cc1Br. The summed E-state index contributed by atoms with van der Waals surface area (Å²) in [6, 6.07) is 3.55. The van der Waals surface area contributed by atoms with E-state index in [1.165, 1.54) is 4.31 Å². The van der Waals surface area contributed by atoms with Crippen LogP contribution in [-0.2, 0) is 10.0 Å². The molecule has 20 heavy (non-hydrogen) atoms. The first-order valence-corrected chi connectivity index (χ1v) is 8.68. The lowest BCUT2D eigenvalue weighted by Crippen LogP contribution is -2.39. The fourth-order valence-electron chi connectivity index (χ4n) is 1.95. The van der Waals surface area contributed by atoms with Crippen molar-refractivity contribution < 1.29 is 8.42 Å². The molecule has 0 amide bonds. The molecule has 0 fully saturated rings. The molecular weight excluding hydrogens is 340 g/mol. The van der Waals surface area contributed by atoms with Crippen molar-refractivity contribution in [3.8, 4) is 0 Å². The maximum absolute atomic E-state index is 12.7. The lowest BCUT2D eigenvalue weighted by molar-refractivity contribution is 0.292. The van der Waals surface area contributed by atoms with Crippen molar-refractivity contribution in [2.45, 2.75) is 32.6 Å². The average Bonchev–Trinajstić information content (AvgIpc) is 2.33. The van der Waals surface area contributed by atoms with Gasteiger partial charge in [0.25, 0.3) is 0 Å². The molecule has 0 radical (unpaired) electrons. The van der Waals surface area contributed by atoms with Crippen molar-refractivity contribution in [1.29, 1.82) is 0 Å². The van der Waals surface area contributed by atoms with Crippen LogP contribution >= 0.6 is 15.9 Å². The van der Waals surface area contributed by atoms with Gasteiger partial charge in [0, 0.05) is 18.1 Å². The van der Waals surface area contributed by atoms with Crippen molar-refractivity contribution in [1.82, 2.24) is 4.31 Å². The molecule has 0 aliphatic carbocycles. The number of nitrogens with zero attached hydrogens (tertiary/aromatic N) is 1. The van der Waals surface area contributed by atoms with Gasteiger partial charge in [-0.05, 0) is 49.1 Å². The Bertz CT molecular complexity index is 597. The molecule has 1 aromatic rings. The minimum Gasteiger partial charge on any atom is -0.330 e. The molecule has 0 saturated carbocycles. The van der Waals surface area contributed by atoms with Gasteiger partial charge >= 0.3 is 0 Å². The van der Waals surface area contributed by atoms with Gasteiger partial charge in [-0.1, -0.05) is 29.8 Å². The van der Waals surface area contributed by atoms with Crippen LogP contribution in [0.4, 0.5) is 0 Å². The fraction of sp³-hybridized carbons (Fsp3) is 0.571. The van der Waals surface area contributed by atoms with Gasteiger partial charge in [0.2, 0.25) is 10.0 Å². The predicted molar refractivity (Wildman–Crippen MR) is 86.3 cm³/mol. The van der Waals surface area contributed by atoms with Crippen molar-refractivity contribution in [2.75, 3.05) is 20.1 Å². The molecule has 1 rings (SSSR count). The number of hydrogen-bond acceptors (Lipinski definition) is 3. The lowest BCUT2D eigenvalue weighted by atomic mass is 9.94. The number of benzene rings is 1. The Hall–Kier alpha value is -0.430. The zero-order valence-electron chi connectivity index (χ0n) is 12.7. The quantitative estimate of drug-likeness (QED) is 0.875. The Labute approximate surface area is 130 Å². The van der Waals surface area contributed by atoms with Crippen LogP contribution in [0, 0.1) is 19.3 Å². The Balaban J connectivity index is 3.21. The average molecular weight is 363 g/mol. The maximum atomic E-state index is 12.7. The molecule has 6 heteroatoms. The van der Waals surface area contributed by atoms with Crippen LogP contribution in [0.15, 0.2) is 21.5 Å². The predicted octanol–water partition coefficient (Wildman–Crippen LogP) is 2.67. The molecule has 0 saturated heterocycles. The van der Waals surface area contributed by atoms with Crippen LogP contribution < -0.4 is 5.73 Å². The zero-order valence-corrected chi connectivity index (χ0v) is 15.1. The zero-order chi connectivity index (χ0) is 15.7. The van der Waals surface area contributed by atoms with E-state index in [-0.39, 0.29) is 5.41 Å². The number of rotatable bonds is 5. The highest BCUT2D eigenvalue weighted by Gasteiger charge is 2.28. The summed E-state index contributed by atoms with van der Waals surface area (Å²) in [5.74, 6) is 0. The van der Waals surface area contributed by atoms with E-state index in [9.17, 15) is 8.42 Å². The Morgan fingerprint density at radius 3 is 2.30 bits per heavy atom. The third-order valence-corrected chi connectivity index (χ3v) is 6.15. The maximum Gasteiger partial charge on any atom is 0.243 e. The summed E-state index contributed by atoms with van der Waals surface area (Å²) in [5, 5.41) is 0. The molecule has 0 aromatic heterocycles. The first-order chi connectivity index (χ1) is 9.01. The molecular formula is C14H23BrN2O2S. The molecule has 0 atom stereocenters. The first-order valence-electron chi connectivity index (χ1n) is 6.44. The molecule has 0 aliphatic heterocycles. The van der Waals surface area contributed by atoms with E-state index in [2.05, 4.69) is 15.9 Å². The highest BCUT2D eigenvalue weighted by atomic mass is 79.9. The van der Waals surface area contributed by atoms with Crippen LogP contribution in [0.5, 0.6) is 0 Å². The highest BCUT2D eigenvalue weighted by Crippen LogP contribution is 2.27. The van der Waals surface area contributed by atoms with Crippen molar-refractivity contribution in [2.24, 2.45) is 11.1 Å². The van der Waals surface area contributed by atoms with Crippen LogP contribution in [0.2, 0.25) is 0 Å². The topological polar surface area (TPSA) is 63.4 Å². The largest absolute Gasteiger partial charge is 0.330 e. The van der Waals surface area contributed by atoms with E-state index in [0.717, 1.165) is 15.6 Å². The second-order valence-corrected chi connectivity index (χ2v) is 8.86. The number of aryl methyl sites for hydroxylation is 2. The molecule has 0 spiro atoms. The smallest absolute Gasteiger partial charge is 0.243 e. The van der Waals surface area contributed by atoms with Gasteiger partial charge < -0.3 is 5.73 Å². The normalized spacial score (nSPS) is 13.0. The van der Waals surface area contributed by atoms with E-state index >= 15 is 0 Å². The van der Waals surface area contributed by atoms with Gasteiger partial charge in [0.05, 0.1) is 4.90 Å². The Kier molecular flexibility index (Phi) is 5.40. The molecule has 0 heterocycles. The second-order valence-electron chi connectivity index (χ2n) is 6.00. The Morgan fingerprint density at radius 1 is 1.25 bits per heavy atom. The number of hydrogen-bond donors (Lipinski definition) is 1. The molecule has 0 aliphatic rings. The van der Waals surface area contributed by atoms with E-state index in [4.69, 9.17) is 5.73 Å². The lowest BCUT2D eigenvalue weighted by Gasteiger charge is -2.29. The molecule has 2 N–H and O–H groups in total. The van der Waals surface area contributed by atoms with Crippen molar-refractivity contribution in [3.05, 3.63) is 27.7 Å². The van der Waals surface area contributed by atoms with E-state index in [1.54, 1.807) is 20.0 Å². The standard InChI is InChI=1S/C14H23BrN2O2S/c1-10-7-13(11(2)6-12(10)15)20(18,19)17(5)9-14(3,4)8-16/h6-7H,8-9,16H2,1-5H3. The molecule has 4 nitrogen and oxygen atoms in total. The summed E-state index contributed by atoms with van der Waals surface area (Å²) in [4.78, 5) is 0.355. The third kappa shape index (κ3) is 3.81. The van der Waals surface area contributed by atoms with Crippen LogP contribution in [-0.4, -0.2) is 32.9 Å². The number of nitrogens with two attached hydrogens (primary N) is 1. The minimum absolute atomic E-state index is 0.250. The van der Waals surface area contributed by atoms with Crippen LogP contribution in [0.3, 0.4) is 0 Å². The summed E-state index contributed by atoms with van der Waals surface area (Å²) in [6.45, 7) is 8.42. The summed E-state index contributed by atoms with van der Waals surface area (Å²) < 4.78 is 27.7. The first kappa shape index (κ1) is 17.6. The van der Waals surface area contributed by atoms with E-state index < -0.39 is 10.0 Å². The van der Waals surface area contributed by atoms with Gasteiger partial charge in [-0.2, -0.15) is 0 Å². The molecule has 0 bridgehead atoms. The van der Waals surface area contributed by atoms with Crippen molar-refractivity contribution in [3.63, 3.8) is 0 Å². The van der Waals surface area contributed by atoms with Gasteiger partial charge in [-0.15, -0.1) is 0 Å². The summed E-state index contributed by atoms with van der Waals surface area (Å²) in [7, 11) is -1.89. The van der Waals surface area contributed by atoms with E-state index in [1.807, 2.05) is 26.8 Å². The van der Waals surface area contributed by atoms with Crippen LogP contribution in [0.1, 0.15) is 25.0 Å². The summed E-state index contributed by atoms with van der Waals surface area (Å²) in [6.07, 6.45) is 0. The summed E-state index contributed by atoms with van der Waals surface area (Å²) in [5.41, 5.74) is 7.07. The fourth-order valence-corrected chi connectivity index (χ4v) is 4.06. The van der Waals surface area contributed by atoms with Gasteiger partial charge in [0.15, 0.2) is 0 Å². The molecule has 1 aromatic carbocycles. The van der Waals surface area contributed by atoms with Gasteiger partial charge in [0.1, 0.15) is 0 Å². The number of sulfonamides is 1. The van der Waals surface area contributed by atoms with Gasteiger partial charge in [-0.3, -0.25) is 0 Å². The minimum atomic E-state index is -3.50. The molecule has 0 unspecified atom stereocenters. The number of halogens is 1. The second kappa shape index (κ2) is 6.13. The molecule has 114 valence electrons. The van der Waals surface area contributed by atoms with Gasteiger partial charge in [-0.25, -0.2) is 12.7 Å². The summed E-state index contributed by atoms with van der Waals surface area (Å²) >= 11 is 3.42. The van der Waals surface area contributed by atoms with Crippen LogP contribution in [0.25, 0.3) is 0 Å². The monoisotopic (exact) mass is 362 g/mol. The Morgan fingerprint density at radius 2 is 1.80 bits per heavy atom.